The van der Waals surface area contributed by atoms with Crippen LogP contribution in [0.3, 0.4) is 0 Å². The SMILES string of the molecule is Cc1ccccc1-c1csc2c(F)cc(C#N)cc12. The number of benzene rings is 2. The van der Waals surface area contributed by atoms with Crippen molar-refractivity contribution in [1.82, 2.24) is 0 Å². The number of rotatable bonds is 1. The van der Waals surface area contributed by atoms with Crippen LogP contribution in [0.4, 0.5) is 4.39 Å². The second-order valence-corrected chi connectivity index (χ2v) is 5.29. The minimum absolute atomic E-state index is 0.320. The molecule has 3 rings (SSSR count). The fourth-order valence-corrected chi connectivity index (χ4v) is 3.20. The van der Waals surface area contributed by atoms with Crippen LogP contribution in [0.2, 0.25) is 0 Å². The quantitative estimate of drug-likeness (QED) is 0.616. The lowest BCUT2D eigenvalue weighted by molar-refractivity contribution is 0.641. The van der Waals surface area contributed by atoms with Gasteiger partial charge in [0.2, 0.25) is 0 Å². The van der Waals surface area contributed by atoms with Gasteiger partial charge in [0.1, 0.15) is 5.82 Å². The van der Waals surface area contributed by atoms with Gasteiger partial charge in [-0.3, -0.25) is 0 Å². The van der Waals surface area contributed by atoms with Gasteiger partial charge in [0.25, 0.3) is 0 Å². The summed E-state index contributed by atoms with van der Waals surface area (Å²) in [5.41, 5.74) is 3.58. The van der Waals surface area contributed by atoms with Crippen molar-refractivity contribution in [2.45, 2.75) is 6.92 Å². The molecule has 1 aromatic heterocycles. The highest BCUT2D eigenvalue weighted by atomic mass is 32.1. The third kappa shape index (κ3) is 1.91. The number of hydrogen-bond acceptors (Lipinski definition) is 2. The Hall–Kier alpha value is -2.18. The van der Waals surface area contributed by atoms with Crippen LogP contribution >= 0.6 is 11.3 Å². The molecule has 0 aliphatic heterocycles. The van der Waals surface area contributed by atoms with Gasteiger partial charge in [0, 0.05) is 10.9 Å². The standard InChI is InChI=1S/C16H10FNS/c1-10-4-2-3-5-12(10)14-9-19-16-13(14)6-11(8-18)7-15(16)17/h2-7,9H,1H3. The van der Waals surface area contributed by atoms with Gasteiger partial charge >= 0.3 is 0 Å². The number of fused-ring (bicyclic) bond motifs is 1. The van der Waals surface area contributed by atoms with Crippen molar-refractivity contribution in [2.75, 3.05) is 0 Å². The first kappa shape index (κ1) is 11.9. The van der Waals surface area contributed by atoms with E-state index in [1.807, 2.05) is 42.6 Å². The largest absolute Gasteiger partial charge is 0.205 e. The molecule has 0 spiro atoms. The van der Waals surface area contributed by atoms with Crippen molar-refractivity contribution in [3.63, 3.8) is 0 Å². The van der Waals surface area contributed by atoms with Crippen LogP contribution in [-0.4, -0.2) is 0 Å². The first-order valence-corrected chi connectivity index (χ1v) is 6.75. The summed E-state index contributed by atoms with van der Waals surface area (Å²) in [6.45, 7) is 2.03. The van der Waals surface area contributed by atoms with E-state index in [1.165, 1.54) is 17.4 Å². The van der Waals surface area contributed by atoms with Gasteiger partial charge in [0.05, 0.1) is 16.3 Å². The molecular weight excluding hydrogens is 257 g/mol. The van der Waals surface area contributed by atoms with Crippen LogP contribution in [0.5, 0.6) is 0 Å². The van der Waals surface area contributed by atoms with Crippen LogP contribution in [0, 0.1) is 24.1 Å². The smallest absolute Gasteiger partial charge is 0.142 e. The first-order valence-electron chi connectivity index (χ1n) is 5.87. The summed E-state index contributed by atoms with van der Waals surface area (Å²) in [6, 6.07) is 13.1. The van der Waals surface area contributed by atoms with Gasteiger partial charge in [-0.1, -0.05) is 24.3 Å². The van der Waals surface area contributed by atoms with E-state index >= 15 is 0 Å². The molecule has 2 aromatic carbocycles. The minimum Gasteiger partial charge on any atom is -0.205 e. The lowest BCUT2D eigenvalue weighted by atomic mass is 9.99. The Morgan fingerprint density at radius 1 is 1.16 bits per heavy atom. The highest BCUT2D eigenvalue weighted by molar-refractivity contribution is 7.17. The second-order valence-electron chi connectivity index (χ2n) is 4.41. The summed E-state index contributed by atoms with van der Waals surface area (Å²) in [5.74, 6) is -0.320. The van der Waals surface area contributed by atoms with E-state index < -0.39 is 0 Å². The maximum absolute atomic E-state index is 13.9. The zero-order chi connectivity index (χ0) is 13.4. The molecule has 1 nitrogen and oxygen atoms in total. The highest BCUT2D eigenvalue weighted by Gasteiger charge is 2.12. The fraction of sp³-hybridized carbons (Fsp3) is 0.0625. The van der Waals surface area contributed by atoms with Crippen molar-refractivity contribution >= 4 is 21.4 Å². The minimum atomic E-state index is -0.320. The first-order chi connectivity index (χ1) is 9.20. The monoisotopic (exact) mass is 267 g/mol. The lowest BCUT2D eigenvalue weighted by Gasteiger charge is -2.04. The molecule has 0 bridgehead atoms. The molecule has 0 atom stereocenters. The summed E-state index contributed by atoms with van der Waals surface area (Å²) in [6.07, 6.45) is 0. The van der Waals surface area contributed by atoms with E-state index in [0.717, 1.165) is 22.1 Å². The normalized spacial score (nSPS) is 10.6. The summed E-state index contributed by atoms with van der Waals surface area (Å²) in [4.78, 5) is 0. The van der Waals surface area contributed by atoms with Gasteiger partial charge in [0.15, 0.2) is 0 Å². The number of halogens is 1. The van der Waals surface area contributed by atoms with Crippen molar-refractivity contribution < 1.29 is 4.39 Å². The van der Waals surface area contributed by atoms with Crippen molar-refractivity contribution in [3.05, 3.63) is 58.7 Å². The maximum Gasteiger partial charge on any atom is 0.142 e. The van der Waals surface area contributed by atoms with Crippen molar-refractivity contribution in [2.24, 2.45) is 0 Å². The molecule has 0 amide bonds. The zero-order valence-corrected chi connectivity index (χ0v) is 11.1. The van der Waals surface area contributed by atoms with Gasteiger partial charge in [-0.25, -0.2) is 4.39 Å². The van der Waals surface area contributed by atoms with Crippen LogP contribution in [0.25, 0.3) is 21.2 Å². The highest BCUT2D eigenvalue weighted by Crippen LogP contribution is 2.37. The predicted octanol–water partition coefficient (Wildman–Crippen LogP) is 4.89. The molecule has 3 aromatic rings. The van der Waals surface area contributed by atoms with Crippen LogP contribution in [-0.2, 0) is 0 Å². The Morgan fingerprint density at radius 3 is 2.68 bits per heavy atom. The maximum atomic E-state index is 13.9. The molecule has 0 saturated carbocycles. The van der Waals surface area contributed by atoms with E-state index in [4.69, 9.17) is 5.26 Å². The number of thiophene rings is 1. The molecule has 92 valence electrons. The zero-order valence-electron chi connectivity index (χ0n) is 10.3. The number of aryl methyl sites for hydroxylation is 1. The van der Waals surface area contributed by atoms with E-state index in [2.05, 4.69) is 0 Å². The molecule has 0 aliphatic rings. The molecule has 0 radical (unpaired) electrons. The summed E-state index contributed by atoms with van der Waals surface area (Å²) in [5, 5.41) is 11.7. The van der Waals surface area contributed by atoms with Gasteiger partial charge in [-0.2, -0.15) is 5.26 Å². The van der Waals surface area contributed by atoms with Crippen LogP contribution < -0.4 is 0 Å². The molecule has 0 aliphatic carbocycles. The average molecular weight is 267 g/mol. The molecule has 0 saturated heterocycles. The van der Waals surface area contributed by atoms with Crippen molar-refractivity contribution in [3.8, 4) is 17.2 Å². The molecule has 0 N–H and O–H groups in total. The van der Waals surface area contributed by atoms with E-state index in [-0.39, 0.29) is 5.82 Å². The summed E-state index contributed by atoms with van der Waals surface area (Å²) in [7, 11) is 0. The van der Waals surface area contributed by atoms with Gasteiger partial charge < -0.3 is 0 Å². The van der Waals surface area contributed by atoms with Gasteiger partial charge in [-0.15, -0.1) is 11.3 Å². The van der Waals surface area contributed by atoms with Crippen LogP contribution in [0.1, 0.15) is 11.1 Å². The van der Waals surface area contributed by atoms with Crippen LogP contribution in [0.15, 0.2) is 41.8 Å². The third-order valence-electron chi connectivity index (χ3n) is 3.19. The fourth-order valence-electron chi connectivity index (χ4n) is 2.24. The third-order valence-corrected chi connectivity index (χ3v) is 4.20. The average Bonchev–Trinajstić information content (AvgIpc) is 2.83. The molecule has 0 fully saturated rings. The molecular formula is C16H10FNS. The Morgan fingerprint density at radius 2 is 1.95 bits per heavy atom. The van der Waals surface area contributed by atoms with E-state index in [1.54, 1.807) is 6.07 Å². The number of nitrogens with zero attached hydrogens (tertiary/aromatic N) is 1. The number of hydrogen-bond donors (Lipinski definition) is 0. The molecule has 3 heteroatoms. The Labute approximate surface area is 114 Å². The second kappa shape index (κ2) is 4.49. The number of nitriles is 1. The lowest BCUT2D eigenvalue weighted by Crippen LogP contribution is -1.83. The molecule has 1 heterocycles. The Bertz CT molecular complexity index is 811. The molecule has 0 unspecified atom stereocenters. The molecule has 19 heavy (non-hydrogen) atoms. The van der Waals surface area contributed by atoms with E-state index in [9.17, 15) is 4.39 Å². The Balaban J connectivity index is 2.35. The summed E-state index contributed by atoms with van der Waals surface area (Å²) < 4.78 is 14.5. The summed E-state index contributed by atoms with van der Waals surface area (Å²) >= 11 is 1.38. The predicted molar refractivity (Wildman–Crippen MR) is 76.7 cm³/mol. The van der Waals surface area contributed by atoms with Crippen molar-refractivity contribution in [1.29, 1.82) is 5.26 Å². The Kier molecular flexibility index (Phi) is 2.81. The topological polar surface area (TPSA) is 23.8 Å². The van der Waals surface area contributed by atoms with Gasteiger partial charge in [-0.05, 0) is 35.6 Å². The van der Waals surface area contributed by atoms with E-state index in [0.29, 0.717) is 10.3 Å².